The number of hydrogen-bond donors (Lipinski definition) is 2. The number of benzene rings is 1. The molecule has 90 valence electrons. The molecule has 0 aromatic heterocycles. The van der Waals surface area contributed by atoms with Gasteiger partial charge in [0.25, 0.3) is 0 Å². The summed E-state index contributed by atoms with van der Waals surface area (Å²) in [6.45, 7) is 3.32. The molecule has 0 saturated carbocycles. The zero-order valence-corrected chi connectivity index (χ0v) is 9.66. The van der Waals surface area contributed by atoms with Crippen molar-refractivity contribution < 1.29 is 14.2 Å². The van der Waals surface area contributed by atoms with Gasteiger partial charge in [-0.2, -0.15) is 0 Å². The second-order valence-electron chi connectivity index (χ2n) is 3.61. The minimum atomic E-state index is -0.688. The van der Waals surface area contributed by atoms with Gasteiger partial charge >= 0.3 is 0 Å². The Bertz CT molecular complexity index is 331. The van der Waals surface area contributed by atoms with E-state index in [1.807, 2.05) is 6.92 Å². The normalized spacial score (nSPS) is 12.5. The number of aliphatic hydroxyl groups is 1. The molecule has 0 fully saturated rings. The summed E-state index contributed by atoms with van der Waals surface area (Å²) in [5.74, 6) is -0.257. The van der Waals surface area contributed by atoms with Crippen LogP contribution in [0.15, 0.2) is 18.2 Å². The van der Waals surface area contributed by atoms with Crippen molar-refractivity contribution in [3.63, 3.8) is 0 Å². The Morgan fingerprint density at radius 3 is 2.81 bits per heavy atom. The standard InChI is InChI=1S/C12H18FNO2/c1-3-6-14-8-11(15)9-4-5-12(16-2)10(13)7-9/h4-5,7,11,14-15H,3,6,8H2,1-2H3. The van der Waals surface area contributed by atoms with Gasteiger partial charge in [-0.3, -0.25) is 0 Å². The Kier molecular flexibility index (Phi) is 5.22. The molecule has 0 heterocycles. The van der Waals surface area contributed by atoms with E-state index >= 15 is 0 Å². The van der Waals surface area contributed by atoms with E-state index in [9.17, 15) is 9.50 Å². The number of methoxy groups -OCH3 is 1. The number of ether oxygens (including phenoxy) is 1. The first-order valence-corrected chi connectivity index (χ1v) is 5.41. The molecule has 1 unspecified atom stereocenters. The molecule has 1 rings (SSSR count). The van der Waals surface area contributed by atoms with Crippen LogP contribution in [0.5, 0.6) is 5.75 Å². The third-order valence-corrected chi connectivity index (χ3v) is 2.33. The highest BCUT2D eigenvalue weighted by Gasteiger charge is 2.10. The van der Waals surface area contributed by atoms with Crippen molar-refractivity contribution in [1.82, 2.24) is 5.32 Å². The highest BCUT2D eigenvalue weighted by Crippen LogP contribution is 2.21. The summed E-state index contributed by atoms with van der Waals surface area (Å²) in [5.41, 5.74) is 0.557. The highest BCUT2D eigenvalue weighted by atomic mass is 19.1. The molecule has 4 heteroatoms. The Balaban J connectivity index is 2.62. The second kappa shape index (κ2) is 6.45. The highest BCUT2D eigenvalue weighted by molar-refractivity contribution is 5.30. The fourth-order valence-corrected chi connectivity index (χ4v) is 1.42. The summed E-state index contributed by atoms with van der Waals surface area (Å²) in [6, 6.07) is 4.49. The van der Waals surface area contributed by atoms with E-state index in [4.69, 9.17) is 4.74 Å². The van der Waals surface area contributed by atoms with Crippen LogP contribution in [0, 0.1) is 5.82 Å². The quantitative estimate of drug-likeness (QED) is 0.729. The fraction of sp³-hybridized carbons (Fsp3) is 0.500. The van der Waals surface area contributed by atoms with Gasteiger partial charge in [-0.1, -0.05) is 13.0 Å². The van der Waals surface area contributed by atoms with Crippen molar-refractivity contribution in [2.24, 2.45) is 0 Å². The van der Waals surface area contributed by atoms with Gasteiger partial charge in [-0.25, -0.2) is 4.39 Å². The molecule has 0 aliphatic heterocycles. The van der Waals surface area contributed by atoms with Crippen LogP contribution < -0.4 is 10.1 Å². The largest absolute Gasteiger partial charge is 0.494 e. The van der Waals surface area contributed by atoms with Crippen LogP contribution in [0.3, 0.4) is 0 Å². The molecule has 0 amide bonds. The van der Waals surface area contributed by atoms with Crippen LogP contribution in [0.2, 0.25) is 0 Å². The van der Waals surface area contributed by atoms with E-state index in [1.54, 1.807) is 6.07 Å². The Hall–Kier alpha value is -1.13. The van der Waals surface area contributed by atoms with Gasteiger partial charge in [0.15, 0.2) is 11.6 Å². The average Bonchev–Trinajstić information content (AvgIpc) is 2.29. The van der Waals surface area contributed by atoms with E-state index in [0.29, 0.717) is 12.1 Å². The average molecular weight is 227 g/mol. The van der Waals surface area contributed by atoms with Crippen molar-refractivity contribution in [2.75, 3.05) is 20.2 Å². The molecule has 3 nitrogen and oxygen atoms in total. The molecule has 0 radical (unpaired) electrons. The summed E-state index contributed by atoms with van der Waals surface area (Å²) < 4.78 is 18.1. The number of hydrogen-bond acceptors (Lipinski definition) is 3. The first-order chi connectivity index (χ1) is 7.69. The molecule has 1 aromatic rings. The van der Waals surface area contributed by atoms with Gasteiger partial charge in [0.2, 0.25) is 0 Å². The van der Waals surface area contributed by atoms with Crippen LogP contribution in [-0.2, 0) is 0 Å². The van der Waals surface area contributed by atoms with Crippen molar-refractivity contribution in [2.45, 2.75) is 19.4 Å². The van der Waals surface area contributed by atoms with Crippen LogP contribution in [-0.4, -0.2) is 25.3 Å². The van der Waals surface area contributed by atoms with Gasteiger partial charge in [-0.15, -0.1) is 0 Å². The maximum atomic E-state index is 13.3. The van der Waals surface area contributed by atoms with E-state index in [0.717, 1.165) is 13.0 Å². The van der Waals surface area contributed by atoms with Gasteiger partial charge in [0, 0.05) is 6.54 Å². The van der Waals surface area contributed by atoms with Gasteiger partial charge in [-0.05, 0) is 30.7 Å². The molecule has 16 heavy (non-hydrogen) atoms. The lowest BCUT2D eigenvalue weighted by Crippen LogP contribution is -2.22. The van der Waals surface area contributed by atoms with Crippen LogP contribution in [0.25, 0.3) is 0 Å². The Morgan fingerprint density at radius 2 is 2.25 bits per heavy atom. The summed E-state index contributed by atoms with van der Waals surface area (Å²) in [4.78, 5) is 0. The summed E-state index contributed by atoms with van der Waals surface area (Å²) in [5, 5.41) is 12.8. The van der Waals surface area contributed by atoms with E-state index in [1.165, 1.54) is 19.2 Å². The Morgan fingerprint density at radius 1 is 1.50 bits per heavy atom. The van der Waals surface area contributed by atoms with Gasteiger partial charge < -0.3 is 15.2 Å². The van der Waals surface area contributed by atoms with Crippen molar-refractivity contribution in [1.29, 1.82) is 0 Å². The first-order valence-electron chi connectivity index (χ1n) is 5.41. The topological polar surface area (TPSA) is 41.5 Å². The summed E-state index contributed by atoms with van der Waals surface area (Å²) in [7, 11) is 1.41. The molecule has 0 aliphatic rings. The summed E-state index contributed by atoms with van der Waals surface area (Å²) in [6.07, 6.45) is 0.316. The number of rotatable bonds is 6. The second-order valence-corrected chi connectivity index (χ2v) is 3.61. The molecule has 1 atom stereocenters. The summed E-state index contributed by atoms with van der Waals surface area (Å²) >= 11 is 0. The lowest BCUT2D eigenvalue weighted by Gasteiger charge is -2.12. The predicted octanol–water partition coefficient (Wildman–Crippen LogP) is 1.87. The molecule has 0 bridgehead atoms. The van der Waals surface area contributed by atoms with Gasteiger partial charge in [0.05, 0.1) is 13.2 Å². The number of aliphatic hydroxyl groups excluding tert-OH is 1. The van der Waals surface area contributed by atoms with E-state index in [2.05, 4.69) is 5.32 Å². The number of nitrogens with one attached hydrogen (secondary N) is 1. The first kappa shape index (κ1) is 12.9. The Labute approximate surface area is 95.2 Å². The molecular weight excluding hydrogens is 209 g/mol. The van der Waals surface area contributed by atoms with E-state index < -0.39 is 11.9 Å². The van der Waals surface area contributed by atoms with Crippen molar-refractivity contribution >= 4 is 0 Å². The lowest BCUT2D eigenvalue weighted by atomic mass is 10.1. The zero-order chi connectivity index (χ0) is 12.0. The van der Waals surface area contributed by atoms with Crippen LogP contribution in [0.4, 0.5) is 4.39 Å². The lowest BCUT2D eigenvalue weighted by molar-refractivity contribution is 0.174. The monoisotopic (exact) mass is 227 g/mol. The smallest absolute Gasteiger partial charge is 0.165 e. The fourth-order valence-electron chi connectivity index (χ4n) is 1.42. The molecule has 1 aromatic carbocycles. The third-order valence-electron chi connectivity index (χ3n) is 2.33. The van der Waals surface area contributed by atoms with Gasteiger partial charge in [0.1, 0.15) is 0 Å². The zero-order valence-electron chi connectivity index (χ0n) is 9.66. The maximum absolute atomic E-state index is 13.3. The van der Waals surface area contributed by atoms with Crippen molar-refractivity contribution in [3.05, 3.63) is 29.6 Å². The van der Waals surface area contributed by atoms with Crippen LogP contribution >= 0.6 is 0 Å². The maximum Gasteiger partial charge on any atom is 0.165 e. The minimum Gasteiger partial charge on any atom is -0.494 e. The van der Waals surface area contributed by atoms with Crippen LogP contribution in [0.1, 0.15) is 25.0 Å². The van der Waals surface area contributed by atoms with Crippen molar-refractivity contribution in [3.8, 4) is 5.75 Å². The number of halogens is 1. The third kappa shape index (κ3) is 3.47. The molecule has 0 spiro atoms. The minimum absolute atomic E-state index is 0.192. The predicted molar refractivity (Wildman–Crippen MR) is 61.1 cm³/mol. The molecular formula is C12H18FNO2. The molecule has 2 N–H and O–H groups in total. The van der Waals surface area contributed by atoms with E-state index in [-0.39, 0.29) is 5.75 Å². The molecule has 0 aliphatic carbocycles. The SMILES string of the molecule is CCCNCC(O)c1ccc(OC)c(F)c1. The molecule has 0 saturated heterocycles.